The van der Waals surface area contributed by atoms with E-state index in [4.69, 9.17) is 0 Å². The van der Waals surface area contributed by atoms with Crippen molar-refractivity contribution in [3.05, 3.63) is 24.4 Å². The van der Waals surface area contributed by atoms with E-state index in [0.717, 1.165) is 43.8 Å². The molecular formula is C21H29N3O2S. The Morgan fingerprint density at radius 3 is 2.93 bits per heavy atom. The monoisotopic (exact) mass is 387 g/mol. The minimum Gasteiger partial charge on any atom is -0.341 e. The van der Waals surface area contributed by atoms with Crippen LogP contribution in [0.25, 0.3) is 0 Å². The van der Waals surface area contributed by atoms with Crippen molar-refractivity contribution in [2.45, 2.75) is 62.6 Å². The second kappa shape index (κ2) is 8.21. The third-order valence-corrected chi connectivity index (χ3v) is 7.34. The number of nitrogens with zero attached hydrogens (tertiary/aromatic N) is 3. The van der Waals surface area contributed by atoms with Crippen LogP contribution in [0.4, 0.5) is 0 Å². The number of rotatable bonds is 5. The largest absolute Gasteiger partial charge is 0.341 e. The molecular weight excluding hydrogens is 358 g/mol. The van der Waals surface area contributed by atoms with Crippen molar-refractivity contribution < 1.29 is 9.59 Å². The molecule has 0 unspecified atom stereocenters. The van der Waals surface area contributed by atoms with Crippen molar-refractivity contribution in [1.29, 1.82) is 0 Å². The summed E-state index contributed by atoms with van der Waals surface area (Å²) in [6, 6.07) is 6.46. The van der Waals surface area contributed by atoms with Gasteiger partial charge in [0, 0.05) is 37.8 Å². The van der Waals surface area contributed by atoms with Gasteiger partial charge in [0.25, 0.3) is 0 Å². The maximum absolute atomic E-state index is 12.9. The molecule has 3 fully saturated rings. The van der Waals surface area contributed by atoms with E-state index >= 15 is 0 Å². The van der Waals surface area contributed by atoms with Crippen molar-refractivity contribution >= 4 is 23.6 Å². The van der Waals surface area contributed by atoms with Gasteiger partial charge in [0.15, 0.2) is 0 Å². The SMILES string of the molecule is CCC[C@H]1[C@H]2C[C@H](CN(C(=O)CSc3ccccn3)C2)[C@@H]2CCCC(=O)N21. The van der Waals surface area contributed by atoms with Gasteiger partial charge in [-0.3, -0.25) is 9.59 Å². The first-order valence-corrected chi connectivity index (χ1v) is 11.3. The number of hydrogen-bond donors (Lipinski definition) is 0. The lowest BCUT2D eigenvalue weighted by Crippen LogP contribution is -2.65. The average Bonchev–Trinajstić information content (AvgIpc) is 2.70. The number of pyridine rings is 1. The highest BCUT2D eigenvalue weighted by Gasteiger charge is 2.49. The van der Waals surface area contributed by atoms with E-state index in [1.807, 2.05) is 18.2 Å². The van der Waals surface area contributed by atoms with Gasteiger partial charge in [0.05, 0.1) is 10.8 Å². The molecule has 3 aliphatic rings. The molecule has 2 amide bonds. The first-order chi connectivity index (χ1) is 13.2. The first-order valence-electron chi connectivity index (χ1n) is 10.3. The predicted octanol–water partition coefficient (Wildman–Crippen LogP) is 3.20. The third-order valence-electron chi connectivity index (χ3n) is 6.42. The van der Waals surface area contributed by atoms with Crippen molar-refractivity contribution in [3.63, 3.8) is 0 Å². The minimum absolute atomic E-state index is 0.214. The molecule has 2 bridgehead atoms. The molecule has 0 aromatic carbocycles. The second-order valence-corrected chi connectivity index (χ2v) is 9.12. The molecule has 0 spiro atoms. The van der Waals surface area contributed by atoms with Crippen LogP contribution >= 0.6 is 11.8 Å². The molecule has 6 heteroatoms. The number of thioether (sulfide) groups is 1. The number of amides is 2. The smallest absolute Gasteiger partial charge is 0.233 e. The zero-order valence-corrected chi connectivity index (χ0v) is 16.9. The Kier molecular flexibility index (Phi) is 5.71. The number of aromatic nitrogens is 1. The first kappa shape index (κ1) is 18.8. The van der Waals surface area contributed by atoms with Crippen molar-refractivity contribution in [3.8, 4) is 0 Å². The molecule has 0 radical (unpaired) electrons. The fourth-order valence-electron chi connectivity index (χ4n) is 5.31. The zero-order chi connectivity index (χ0) is 18.8. The standard InChI is InChI=1S/C21H29N3O2S/c1-2-6-17-15-11-16(18-7-5-9-20(25)24(17)18)13-23(12-15)21(26)14-27-19-8-3-4-10-22-19/h3-4,8,10,15-18H,2,5-7,9,11-14H2,1H3/t15-,16+,17-,18-/m0/s1. The van der Waals surface area contributed by atoms with E-state index < -0.39 is 0 Å². The highest BCUT2D eigenvalue weighted by atomic mass is 32.2. The lowest BCUT2D eigenvalue weighted by atomic mass is 9.71. The van der Waals surface area contributed by atoms with Crippen LogP contribution in [-0.4, -0.2) is 57.5 Å². The summed E-state index contributed by atoms with van der Waals surface area (Å²) in [5.74, 6) is 1.90. The van der Waals surface area contributed by atoms with E-state index in [2.05, 4.69) is 21.7 Å². The van der Waals surface area contributed by atoms with Crippen LogP contribution < -0.4 is 0 Å². The Bertz CT molecular complexity index is 683. The maximum Gasteiger partial charge on any atom is 0.233 e. The molecule has 0 aliphatic carbocycles. The van der Waals surface area contributed by atoms with E-state index in [9.17, 15) is 9.59 Å². The van der Waals surface area contributed by atoms with Gasteiger partial charge in [-0.25, -0.2) is 4.98 Å². The maximum atomic E-state index is 12.9. The number of likely N-dealkylation sites (tertiary alicyclic amines) is 1. The Morgan fingerprint density at radius 2 is 2.15 bits per heavy atom. The molecule has 4 atom stereocenters. The number of hydrogen-bond acceptors (Lipinski definition) is 4. The topological polar surface area (TPSA) is 53.5 Å². The predicted molar refractivity (Wildman–Crippen MR) is 106 cm³/mol. The van der Waals surface area contributed by atoms with Crippen LogP contribution in [0.3, 0.4) is 0 Å². The minimum atomic E-state index is 0.214. The third kappa shape index (κ3) is 3.86. The van der Waals surface area contributed by atoms with Crippen LogP contribution in [0.2, 0.25) is 0 Å². The Hall–Kier alpha value is -1.56. The summed E-state index contributed by atoms with van der Waals surface area (Å²) in [6.45, 7) is 3.81. The van der Waals surface area contributed by atoms with E-state index in [0.29, 0.717) is 42.0 Å². The molecule has 4 rings (SSSR count). The summed E-state index contributed by atoms with van der Waals surface area (Å²) in [5.41, 5.74) is 0. The Balaban J connectivity index is 1.45. The van der Waals surface area contributed by atoms with Crippen LogP contribution in [0.1, 0.15) is 45.4 Å². The van der Waals surface area contributed by atoms with Crippen molar-refractivity contribution in [1.82, 2.24) is 14.8 Å². The van der Waals surface area contributed by atoms with E-state index in [-0.39, 0.29) is 5.91 Å². The molecule has 1 aromatic rings. The summed E-state index contributed by atoms with van der Waals surface area (Å²) in [4.78, 5) is 34.2. The lowest BCUT2D eigenvalue weighted by Gasteiger charge is -2.56. The van der Waals surface area contributed by atoms with Crippen molar-refractivity contribution in [2.75, 3.05) is 18.8 Å². The average molecular weight is 388 g/mol. The van der Waals surface area contributed by atoms with Crippen LogP contribution in [0.5, 0.6) is 0 Å². The zero-order valence-electron chi connectivity index (χ0n) is 16.0. The van der Waals surface area contributed by atoms with Gasteiger partial charge < -0.3 is 9.80 Å². The van der Waals surface area contributed by atoms with Gasteiger partial charge in [0.1, 0.15) is 0 Å². The van der Waals surface area contributed by atoms with Gasteiger partial charge >= 0.3 is 0 Å². The summed E-state index contributed by atoms with van der Waals surface area (Å²) >= 11 is 1.52. The van der Waals surface area contributed by atoms with Gasteiger partial charge in [-0.2, -0.15) is 0 Å². The van der Waals surface area contributed by atoms with E-state index in [1.165, 1.54) is 18.2 Å². The van der Waals surface area contributed by atoms with Crippen LogP contribution in [0, 0.1) is 11.8 Å². The van der Waals surface area contributed by atoms with Crippen LogP contribution in [0.15, 0.2) is 29.4 Å². The molecule has 3 saturated heterocycles. The van der Waals surface area contributed by atoms with Gasteiger partial charge in [-0.15, -0.1) is 0 Å². The summed E-state index contributed by atoms with van der Waals surface area (Å²) in [6.07, 6.45) is 7.91. The molecule has 1 aromatic heterocycles. The quantitative estimate of drug-likeness (QED) is 0.728. The van der Waals surface area contributed by atoms with Gasteiger partial charge in [0.2, 0.25) is 11.8 Å². The lowest BCUT2D eigenvalue weighted by molar-refractivity contribution is -0.156. The molecule has 0 N–H and O–H groups in total. The fraction of sp³-hybridized carbons (Fsp3) is 0.667. The Morgan fingerprint density at radius 1 is 1.30 bits per heavy atom. The molecule has 27 heavy (non-hydrogen) atoms. The highest BCUT2D eigenvalue weighted by Crippen LogP contribution is 2.43. The summed E-state index contributed by atoms with van der Waals surface area (Å²) in [5, 5.41) is 0.899. The molecule has 146 valence electrons. The number of carbonyl (C=O) groups is 2. The highest BCUT2D eigenvalue weighted by molar-refractivity contribution is 7.99. The van der Waals surface area contributed by atoms with Gasteiger partial charge in [-0.1, -0.05) is 31.2 Å². The number of carbonyl (C=O) groups excluding carboxylic acids is 2. The second-order valence-electron chi connectivity index (χ2n) is 8.13. The molecule has 3 aliphatic heterocycles. The normalized spacial score (nSPS) is 30.2. The molecule has 4 heterocycles. The summed E-state index contributed by atoms with van der Waals surface area (Å²) in [7, 11) is 0. The van der Waals surface area contributed by atoms with E-state index in [1.54, 1.807) is 6.20 Å². The van der Waals surface area contributed by atoms with Gasteiger partial charge in [-0.05, 0) is 49.7 Å². The molecule has 0 saturated carbocycles. The fourth-order valence-corrected chi connectivity index (χ4v) is 6.07. The molecule has 5 nitrogen and oxygen atoms in total. The number of piperidine rings is 3. The van der Waals surface area contributed by atoms with Crippen LogP contribution in [-0.2, 0) is 9.59 Å². The Labute approximate surface area is 165 Å². The summed E-state index contributed by atoms with van der Waals surface area (Å²) < 4.78 is 0. The van der Waals surface area contributed by atoms with Crippen molar-refractivity contribution in [2.24, 2.45) is 11.8 Å². The number of fused-ring (bicyclic) bond motifs is 4.